The van der Waals surface area contributed by atoms with Crippen LogP contribution in [0.5, 0.6) is 5.75 Å². The standard InChI is InChI=1S/C22H21BrN4O6/c1-3-5-20-25-17-8-7-15(23)11-16(17)22(29)26(20)24-12-14-6-9-19(18(10-14)27(30)31)33-13-21(28)32-4-2/h6-12H,3-5,13H2,1-2H3. The van der Waals surface area contributed by atoms with Crippen LogP contribution in [0.4, 0.5) is 5.69 Å². The molecule has 0 radical (unpaired) electrons. The summed E-state index contributed by atoms with van der Waals surface area (Å²) in [5, 5.41) is 16.2. The lowest BCUT2D eigenvalue weighted by molar-refractivity contribution is -0.385. The summed E-state index contributed by atoms with van der Waals surface area (Å²) in [6.45, 7) is 3.34. The number of carbonyl (C=O) groups is 1. The summed E-state index contributed by atoms with van der Waals surface area (Å²) in [5.74, 6) is -0.223. The Balaban J connectivity index is 1.97. The number of esters is 1. The summed E-state index contributed by atoms with van der Waals surface area (Å²) in [7, 11) is 0. The Bertz CT molecular complexity index is 1290. The molecule has 0 spiro atoms. The highest BCUT2D eigenvalue weighted by Crippen LogP contribution is 2.27. The molecule has 0 aliphatic carbocycles. The average molecular weight is 517 g/mol. The largest absolute Gasteiger partial charge is 0.475 e. The van der Waals surface area contributed by atoms with Crippen molar-refractivity contribution in [1.29, 1.82) is 0 Å². The molecule has 0 N–H and O–H groups in total. The van der Waals surface area contributed by atoms with Crippen LogP contribution in [0.1, 0.15) is 31.7 Å². The molecule has 10 nitrogen and oxygen atoms in total. The molecule has 1 heterocycles. The Morgan fingerprint density at radius 1 is 1.27 bits per heavy atom. The first-order valence-corrected chi connectivity index (χ1v) is 11.0. The summed E-state index contributed by atoms with van der Waals surface area (Å²) >= 11 is 3.36. The van der Waals surface area contributed by atoms with Crippen molar-refractivity contribution in [2.45, 2.75) is 26.7 Å². The topological polar surface area (TPSA) is 126 Å². The average Bonchev–Trinajstić information content (AvgIpc) is 2.78. The summed E-state index contributed by atoms with van der Waals surface area (Å²) in [4.78, 5) is 39.9. The first kappa shape index (κ1) is 24.1. The van der Waals surface area contributed by atoms with Crippen molar-refractivity contribution in [3.8, 4) is 5.75 Å². The minimum absolute atomic E-state index is 0.0775. The first-order chi connectivity index (χ1) is 15.8. The predicted octanol–water partition coefficient (Wildman–Crippen LogP) is 3.84. The van der Waals surface area contributed by atoms with E-state index in [2.05, 4.69) is 26.0 Å². The number of carbonyl (C=O) groups excluding carboxylic acids is 1. The first-order valence-electron chi connectivity index (χ1n) is 10.2. The Labute approximate surface area is 197 Å². The number of nitrogens with zero attached hydrogens (tertiary/aromatic N) is 4. The van der Waals surface area contributed by atoms with Crippen molar-refractivity contribution in [2.24, 2.45) is 5.10 Å². The fourth-order valence-electron chi connectivity index (χ4n) is 3.04. The van der Waals surface area contributed by atoms with Gasteiger partial charge in [0.05, 0.1) is 28.6 Å². The quantitative estimate of drug-likeness (QED) is 0.183. The van der Waals surface area contributed by atoms with E-state index in [1.807, 2.05) is 13.0 Å². The van der Waals surface area contributed by atoms with Gasteiger partial charge in [-0.3, -0.25) is 14.9 Å². The second-order valence-corrected chi connectivity index (χ2v) is 7.79. The van der Waals surface area contributed by atoms with E-state index in [0.717, 1.165) is 10.9 Å². The van der Waals surface area contributed by atoms with Gasteiger partial charge >= 0.3 is 11.7 Å². The van der Waals surface area contributed by atoms with Gasteiger partial charge in [-0.25, -0.2) is 9.78 Å². The molecule has 0 aliphatic heterocycles. The van der Waals surface area contributed by atoms with Crippen LogP contribution in [0.15, 0.2) is 50.8 Å². The second-order valence-electron chi connectivity index (χ2n) is 6.88. The van der Waals surface area contributed by atoms with E-state index in [1.165, 1.54) is 29.1 Å². The van der Waals surface area contributed by atoms with Gasteiger partial charge in [0.15, 0.2) is 12.4 Å². The Morgan fingerprint density at radius 2 is 2.06 bits per heavy atom. The van der Waals surface area contributed by atoms with Crippen molar-refractivity contribution >= 4 is 44.7 Å². The van der Waals surface area contributed by atoms with Crippen molar-refractivity contribution in [1.82, 2.24) is 9.66 Å². The number of fused-ring (bicyclic) bond motifs is 1. The van der Waals surface area contributed by atoms with Crippen molar-refractivity contribution < 1.29 is 19.2 Å². The van der Waals surface area contributed by atoms with Gasteiger partial charge < -0.3 is 9.47 Å². The van der Waals surface area contributed by atoms with E-state index in [-0.39, 0.29) is 23.6 Å². The molecule has 1 aromatic heterocycles. The number of aryl methyl sites for hydroxylation is 1. The molecule has 0 atom stereocenters. The van der Waals surface area contributed by atoms with Gasteiger partial charge in [0.2, 0.25) is 0 Å². The van der Waals surface area contributed by atoms with Crippen LogP contribution in [0.25, 0.3) is 10.9 Å². The Morgan fingerprint density at radius 3 is 2.76 bits per heavy atom. The lowest BCUT2D eigenvalue weighted by Crippen LogP contribution is -2.22. The molecule has 2 aromatic carbocycles. The summed E-state index contributed by atoms with van der Waals surface area (Å²) in [5.41, 5.74) is 0.251. The third-order valence-electron chi connectivity index (χ3n) is 4.50. The molecule has 0 saturated heterocycles. The number of hydrogen-bond acceptors (Lipinski definition) is 8. The van der Waals surface area contributed by atoms with E-state index < -0.39 is 17.5 Å². The van der Waals surface area contributed by atoms with E-state index in [0.29, 0.717) is 28.7 Å². The fraction of sp³-hybridized carbons (Fsp3) is 0.273. The van der Waals surface area contributed by atoms with Crippen LogP contribution in [-0.4, -0.2) is 40.0 Å². The van der Waals surface area contributed by atoms with Crippen molar-refractivity contribution in [2.75, 3.05) is 13.2 Å². The monoisotopic (exact) mass is 516 g/mol. The maximum absolute atomic E-state index is 13.0. The zero-order valence-electron chi connectivity index (χ0n) is 18.0. The Kier molecular flexibility index (Phi) is 7.88. The van der Waals surface area contributed by atoms with Gasteiger partial charge in [-0.1, -0.05) is 22.9 Å². The summed E-state index contributed by atoms with van der Waals surface area (Å²) in [6.07, 6.45) is 2.62. The van der Waals surface area contributed by atoms with Crippen molar-refractivity contribution in [3.63, 3.8) is 0 Å². The number of benzene rings is 2. The number of hydrogen-bond donors (Lipinski definition) is 0. The maximum atomic E-state index is 13.0. The number of ether oxygens (including phenoxy) is 2. The molecule has 172 valence electrons. The molecule has 0 saturated carbocycles. The maximum Gasteiger partial charge on any atom is 0.344 e. The van der Waals surface area contributed by atoms with E-state index in [9.17, 15) is 19.7 Å². The number of halogens is 1. The van der Waals surface area contributed by atoms with Crippen LogP contribution >= 0.6 is 15.9 Å². The predicted molar refractivity (Wildman–Crippen MR) is 126 cm³/mol. The third kappa shape index (κ3) is 5.80. The molecule has 3 aromatic rings. The van der Waals surface area contributed by atoms with Crippen LogP contribution < -0.4 is 10.3 Å². The molecule has 0 unspecified atom stereocenters. The third-order valence-corrected chi connectivity index (χ3v) is 5.00. The smallest absolute Gasteiger partial charge is 0.344 e. The summed E-state index contributed by atoms with van der Waals surface area (Å²) in [6, 6.07) is 9.39. The molecule has 33 heavy (non-hydrogen) atoms. The molecule has 0 bridgehead atoms. The number of nitro benzene ring substituents is 1. The van der Waals surface area contributed by atoms with Crippen LogP contribution in [0.2, 0.25) is 0 Å². The van der Waals surface area contributed by atoms with E-state index in [1.54, 1.807) is 19.1 Å². The van der Waals surface area contributed by atoms with Gasteiger partial charge in [-0.2, -0.15) is 9.78 Å². The lowest BCUT2D eigenvalue weighted by atomic mass is 10.2. The molecule has 0 amide bonds. The number of nitro groups is 1. The normalized spacial score (nSPS) is 11.1. The highest BCUT2D eigenvalue weighted by Gasteiger charge is 2.17. The van der Waals surface area contributed by atoms with E-state index >= 15 is 0 Å². The highest BCUT2D eigenvalue weighted by atomic mass is 79.9. The molecule has 0 fully saturated rings. The number of aromatic nitrogens is 2. The highest BCUT2D eigenvalue weighted by molar-refractivity contribution is 9.10. The number of rotatable bonds is 9. The molecule has 11 heteroatoms. The minimum atomic E-state index is -0.629. The van der Waals surface area contributed by atoms with Gasteiger partial charge in [-0.05, 0) is 43.7 Å². The van der Waals surface area contributed by atoms with Crippen LogP contribution in [0, 0.1) is 10.1 Å². The fourth-order valence-corrected chi connectivity index (χ4v) is 3.40. The zero-order valence-corrected chi connectivity index (χ0v) is 19.6. The summed E-state index contributed by atoms with van der Waals surface area (Å²) < 4.78 is 11.9. The van der Waals surface area contributed by atoms with Crippen LogP contribution in [-0.2, 0) is 16.0 Å². The minimum Gasteiger partial charge on any atom is -0.475 e. The van der Waals surface area contributed by atoms with Gasteiger partial charge in [-0.15, -0.1) is 0 Å². The Hall–Kier alpha value is -3.60. The van der Waals surface area contributed by atoms with E-state index in [4.69, 9.17) is 9.47 Å². The second kappa shape index (κ2) is 10.8. The zero-order chi connectivity index (χ0) is 24.0. The van der Waals surface area contributed by atoms with Crippen LogP contribution in [0.3, 0.4) is 0 Å². The molecular weight excluding hydrogens is 496 g/mol. The lowest BCUT2D eigenvalue weighted by Gasteiger charge is -2.09. The van der Waals surface area contributed by atoms with Gasteiger partial charge in [0.1, 0.15) is 5.82 Å². The molecule has 0 aliphatic rings. The molecular formula is C22H21BrN4O6. The molecule has 3 rings (SSSR count). The van der Waals surface area contributed by atoms with Crippen molar-refractivity contribution in [3.05, 3.63) is 72.7 Å². The van der Waals surface area contributed by atoms with Gasteiger partial charge in [0.25, 0.3) is 5.56 Å². The SMILES string of the molecule is CCCc1nc2ccc(Br)cc2c(=O)n1N=Cc1ccc(OCC(=O)OCC)c([N+](=O)[O-])c1. The van der Waals surface area contributed by atoms with Gasteiger partial charge in [0, 0.05) is 22.5 Å².